The largest absolute Gasteiger partial charge is 0.359 e. The van der Waals surface area contributed by atoms with Crippen LogP contribution in [0.5, 0.6) is 0 Å². The van der Waals surface area contributed by atoms with E-state index >= 15 is 0 Å². The van der Waals surface area contributed by atoms with Gasteiger partial charge in [0.25, 0.3) is 5.91 Å². The van der Waals surface area contributed by atoms with E-state index in [1.807, 2.05) is 12.1 Å². The Morgan fingerprint density at radius 2 is 1.80 bits per heavy atom. The number of anilines is 2. The van der Waals surface area contributed by atoms with E-state index in [2.05, 4.69) is 10.3 Å². The van der Waals surface area contributed by atoms with Crippen LogP contribution in [0, 0.1) is 11.6 Å². The number of rotatable bonds is 4. The third-order valence-electron chi connectivity index (χ3n) is 5.66. The smallest absolute Gasteiger partial charge is 0.255 e. The Bertz CT molecular complexity index is 1540. The predicted molar refractivity (Wildman–Crippen MR) is 129 cm³/mol. The quantitative estimate of drug-likeness (QED) is 0.449. The Hall–Kier alpha value is -3.89. The second-order valence-electron chi connectivity index (χ2n) is 7.90. The monoisotopic (exact) mass is 495 g/mol. The summed E-state index contributed by atoms with van der Waals surface area (Å²) in [5, 5.41) is 4.03. The molecule has 2 heterocycles. The Balaban J connectivity index is 1.43. The van der Waals surface area contributed by atoms with Crippen molar-refractivity contribution in [3.63, 3.8) is 0 Å². The second-order valence-corrected chi connectivity index (χ2v) is 9.92. The molecule has 178 valence electrons. The SMILES string of the molecule is O=C(Nc1cc(F)c(F)c(-c2nccc3ccccc23)c1)c1ccc(N2COCCS2(=O)=O)cc1. The fourth-order valence-electron chi connectivity index (χ4n) is 3.89. The van der Waals surface area contributed by atoms with Crippen LogP contribution < -0.4 is 9.62 Å². The van der Waals surface area contributed by atoms with Crippen molar-refractivity contribution >= 4 is 38.1 Å². The molecule has 0 spiro atoms. The number of hydrogen-bond acceptors (Lipinski definition) is 5. The first-order valence-corrected chi connectivity index (χ1v) is 12.3. The van der Waals surface area contributed by atoms with Crippen molar-refractivity contribution in [2.75, 3.05) is 28.7 Å². The molecule has 0 atom stereocenters. The van der Waals surface area contributed by atoms with Crippen molar-refractivity contribution < 1.29 is 26.7 Å². The zero-order chi connectivity index (χ0) is 24.6. The molecule has 35 heavy (non-hydrogen) atoms. The van der Waals surface area contributed by atoms with E-state index in [9.17, 15) is 22.0 Å². The Morgan fingerprint density at radius 3 is 2.57 bits per heavy atom. The van der Waals surface area contributed by atoms with Crippen molar-refractivity contribution in [1.29, 1.82) is 0 Å². The first kappa shape index (κ1) is 22.9. The highest BCUT2D eigenvalue weighted by atomic mass is 32.2. The number of amides is 1. The summed E-state index contributed by atoms with van der Waals surface area (Å²) >= 11 is 0. The number of pyridine rings is 1. The molecule has 1 aromatic heterocycles. The molecule has 0 aliphatic carbocycles. The molecule has 1 fully saturated rings. The number of nitrogens with zero attached hydrogens (tertiary/aromatic N) is 2. The summed E-state index contributed by atoms with van der Waals surface area (Å²) < 4.78 is 60.0. The number of nitrogens with one attached hydrogen (secondary N) is 1. The summed E-state index contributed by atoms with van der Waals surface area (Å²) in [6, 6.07) is 17.1. The van der Waals surface area contributed by atoms with Crippen LogP contribution in [0.15, 0.2) is 72.9 Å². The van der Waals surface area contributed by atoms with Gasteiger partial charge < -0.3 is 10.1 Å². The molecular weight excluding hydrogens is 476 g/mol. The fourth-order valence-corrected chi connectivity index (χ4v) is 5.11. The highest BCUT2D eigenvalue weighted by Crippen LogP contribution is 2.32. The van der Waals surface area contributed by atoms with Crippen molar-refractivity contribution in [1.82, 2.24) is 4.98 Å². The summed E-state index contributed by atoms with van der Waals surface area (Å²) in [5.74, 6) is -2.89. The van der Waals surface area contributed by atoms with Gasteiger partial charge in [-0.05, 0) is 41.8 Å². The van der Waals surface area contributed by atoms with Gasteiger partial charge in [-0.1, -0.05) is 24.3 Å². The third-order valence-corrected chi connectivity index (χ3v) is 7.33. The van der Waals surface area contributed by atoms with Crippen molar-refractivity contribution in [3.8, 4) is 11.3 Å². The fraction of sp³-hybridized carbons (Fsp3) is 0.120. The first-order chi connectivity index (χ1) is 16.8. The Morgan fingerprint density at radius 1 is 1.03 bits per heavy atom. The molecule has 1 N–H and O–H groups in total. The van der Waals surface area contributed by atoms with E-state index in [-0.39, 0.29) is 41.6 Å². The third kappa shape index (κ3) is 4.45. The maximum absolute atomic E-state index is 14.7. The van der Waals surface area contributed by atoms with Crippen LogP contribution in [0.1, 0.15) is 10.4 Å². The lowest BCUT2D eigenvalue weighted by Crippen LogP contribution is -2.41. The van der Waals surface area contributed by atoms with Crippen LogP contribution in [0.2, 0.25) is 0 Å². The normalized spacial score (nSPS) is 15.2. The molecule has 0 unspecified atom stereocenters. The molecule has 10 heteroatoms. The number of hydrogen-bond donors (Lipinski definition) is 1. The zero-order valence-corrected chi connectivity index (χ0v) is 19.1. The highest BCUT2D eigenvalue weighted by Gasteiger charge is 2.26. The van der Waals surface area contributed by atoms with Gasteiger partial charge in [0.15, 0.2) is 11.6 Å². The van der Waals surface area contributed by atoms with Crippen molar-refractivity contribution in [2.24, 2.45) is 0 Å². The molecule has 5 rings (SSSR count). The minimum absolute atomic E-state index is 0.0507. The number of sulfonamides is 1. The van der Waals surface area contributed by atoms with Crippen molar-refractivity contribution in [2.45, 2.75) is 0 Å². The number of carbonyl (C=O) groups excluding carboxylic acids is 1. The summed E-state index contributed by atoms with van der Waals surface area (Å²) in [5.41, 5.74) is 0.791. The van der Waals surface area contributed by atoms with Gasteiger partial charge in [0.1, 0.15) is 6.73 Å². The lowest BCUT2D eigenvalue weighted by molar-refractivity contribution is 0.102. The van der Waals surface area contributed by atoms with Gasteiger partial charge >= 0.3 is 0 Å². The summed E-state index contributed by atoms with van der Waals surface area (Å²) in [6.45, 7) is 0.0253. The van der Waals surface area contributed by atoms with E-state index in [4.69, 9.17) is 4.74 Å². The van der Waals surface area contributed by atoms with Gasteiger partial charge in [-0.15, -0.1) is 0 Å². The number of carbonyl (C=O) groups is 1. The first-order valence-electron chi connectivity index (χ1n) is 10.7. The number of fused-ring (bicyclic) bond motifs is 1. The van der Waals surface area contributed by atoms with E-state index in [1.165, 1.54) is 36.5 Å². The highest BCUT2D eigenvalue weighted by molar-refractivity contribution is 7.92. The van der Waals surface area contributed by atoms with Gasteiger partial charge in [-0.25, -0.2) is 21.5 Å². The second kappa shape index (κ2) is 9.05. The van der Waals surface area contributed by atoms with Crippen molar-refractivity contribution in [3.05, 3.63) is 90.1 Å². The molecule has 7 nitrogen and oxygen atoms in total. The van der Waals surface area contributed by atoms with Gasteiger partial charge in [0.2, 0.25) is 10.0 Å². The minimum Gasteiger partial charge on any atom is -0.359 e. The molecule has 4 aromatic rings. The van der Waals surface area contributed by atoms with Gasteiger partial charge in [0.05, 0.1) is 23.7 Å². The van der Waals surface area contributed by atoms with Crippen LogP contribution in [0.25, 0.3) is 22.0 Å². The number of halogens is 2. The molecular formula is C25H19F2N3O4S. The average molecular weight is 496 g/mol. The molecule has 3 aromatic carbocycles. The van der Waals surface area contributed by atoms with Crippen LogP contribution in [0.3, 0.4) is 0 Å². The van der Waals surface area contributed by atoms with Crippen LogP contribution in [-0.4, -0.2) is 38.4 Å². The number of aromatic nitrogens is 1. The lowest BCUT2D eigenvalue weighted by atomic mass is 10.0. The van der Waals surface area contributed by atoms with Crippen LogP contribution >= 0.6 is 0 Å². The Labute approximate surface area is 200 Å². The van der Waals surface area contributed by atoms with Crippen LogP contribution in [-0.2, 0) is 14.8 Å². The maximum atomic E-state index is 14.7. The van der Waals surface area contributed by atoms with E-state index in [0.29, 0.717) is 11.1 Å². The molecule has 0 saturated carbocycles. The molecule has 1 aliphatic rings. The minimum atomic E-state index is -3.49. The zero-order valence-electron chi connectivity index (χ0n) is 18.2. The number of benzene rings is 3. The number of ether oxygens (including phenoxy) is 1. The van der Waals surface area contributed by atoms with Gasteiger partial charge in [0, 0.05) is 34.5 Å². The maximum Gasteiger partial charge on any atom is 0.255 e. The topological polar surface area (TPSA) is 88.6 Å². The molecule has 1 amide bonds. The summed E-state index contributed by atoms with van der Waals surface area (Å²) in [7, 11) is -3.49. The summed E-state index contributed by atoms with van der Waals surface area (Å²) in [4.78, 5) is 17.0. The Kier molecular flexibility index (Phi) is 5.91. The van der Waals surface area contributed by atoms with Crippen LogP contribution in [0.4, 0.5) is 20.2 Å². The molecule has 0 bridgehead atoms. The predicted octanol–water partition coefficient (Wildman–Crippen LogP) is 4.56. The standard InChI is InChI=1S/C25H19F2N3O4S/c26-22-14-18(13-21(23(22)27)24-20-4-2-1-3-16(20)9-10-28-24)29-25(31)17-5-7-19(8-6-17)30-15-34-11-12-35(30,32)33/h1-10,13-14H,11-12,15H2,(H,29,31). The van der Waals surface area contributed by atoms with E-state index in [1.54, 1.807) is 18.2 Å². The molecule has 1 aliphatic heterocycles. The molecule has 1 saturated heterocycles. The van der Waals surface area contributed by atoms with E-state index in [0.717, 1.165) is 15.8 Å². The van der Waals surface area contributed by atoms with Gasteiger partial charge in [-0.3, -0.25) is 9.78 Å². The summed E-state index contributed by atoms with van der Waals surface area (Å²) in [6.07, 6.45) is 1.51. The van der Waals surface area contributed by atoms with E-state index < -0.39 is 27.6 Å². The lowest BCUT2D eigenvalue weighted by Gasteiger charge is -2.28. The van der Waals surface area contributed by atoms with Gasteiger partial charge in [-0.2, -0.15) is 0 Å². The average Bonchev–Trinajstić information content (AvgIpc) is 2.86. The molecule has 0 radical (unpaired) electrons.